The molecule has 0 bridgehead atoms. The molecule has 0 radical (unpaired) electrons. The van der Waals surface area contributed by atoms with Crippen LogP contribution in [0.2, 0.25) is 0 Å². The number of rotatable bonds is 6. The Balaban J connectivity index is 2.36. The Labute approximate surface area is 111 Å². The van der Waals surface area contributed by atoms with E-state index < -0.39 is 0 Å². The smallest absolute Gasteiger partial charge is 0.141 e. The van der Waals surface area contributed by atoms with Gasteiger partial charge in [-0.25, -0.2) is 9.07 Å². The summed E-state index contributed by atoms with van der Waals surface area (Å²) in [6, 6.07) is 1.35. The molecular formula is C13H18FN5. The first-order valence-electron chi connectivity index (χ1n) is 6.48. The van der Waals surface area contributed by atoms with Crippen LogP contribution < -0.4 is 5.32 Å². The lowest BCUT2D eigenvalue weighted by molar-refractivity contribution is 0.508. The minimum atomic E-state index is -0.338. The van der Waals surface area contributed by atoms with Crippen molar-refractivity contribution in [2.75, 3.05) is 6.54 Å². The predicted molar refractivity (Wildman–Crippen MR) is 70.0 cm³/mol. The Bertz CT molecular complexity index is 525. The summed E-state index contributed by atoms with van der Waals surface area (Å²) in [5.41, 5.74) is 1.71. The van der Waals surface area contributed by atoms with Crippen molar-refractivity contribution in [1.82, 2.24) is 25.3 Å². The summed E-state index contributed by atoms with van der Waals surface area (Å²) in [4.78, 5) is 3.91. The molecule has 1 atom stereocenters. The predicted octanol–water partition coefficient (Wildman–Crippen LogP) is 1.92. The highest BCUT2D eigenvalue weighted by molar-refractivity contribution is 5.24. The van der Waals surface area contributed by atoms with Crippen LogP contribution >= 0.6 is 0 Å². The number of nitrogens with one attached hydrogen (secondary N) is 1. The van der Waals surface area contributed by atoms with Crippen LogP contribution in [-0.2, 0) is 6.54 Å². The van der Waals surface area contributed by atoms with E-state index >= 15 is 0 Å². The number of hydrogen-bond donors (Lipinski definition) is 1. The summed E-state index contributed by atoms with van der Waals surface area (Å²) >= 11 is 0. The molecule has 2 heterocycles. The molecule has 1 unspecified atom stereocenters. The van der Waals surface area contributed by atoms with Crippen molar-refractivity contribution in [2.45, 2.75) is 32.9 Å². The summed E-state index contributed by atoms with van der Waals surface area (Å²) in [5.74, 6) is -0.338. The zero-order valence-corrected chi connectivity index (χ0v) is 11.2. The minimum Gasteiger partial charge on any atom is -0.305 e. The first kappa shape index (κ1) is 13.6. The van der Waals surface area contributed by atoms with Crippen molar-refractivity contribution in [3.63, 3.8) is 0 Å². The third kappa shape index (κ3) is 3.14. The maximum absolute atomic E-state index is 13.3. The van der Waals surface area contributed by atoms with Gasteiger partial charge in [0.1, 0.15) is 5.82 Å². The van der Waals surface area contributed by atoms with Crippen molar-refractivity contribution in [3.05, 3.63) is 41.7 Å². The molecule has 0 amide bonds. The Morgan fingerprint density at radius 3 is 2.84 bits per heavy atom. The van der Waals surface area contributed by atoms with Gasteiger partial charge in [-0.05, 0) is 24.6 Å². The van der Waals surface area contributed by atoms with Gasteiger partial charge in [-0.3, -0.25) is 4.98 Å². The Morgan fingerprint density at radius 2 is 2.16 bits per heavy atom. The summed E-state index contributed by atoms with van der Waals surface area (Å²) < 4.78 is 15.2. The topological polar surface area (TPSA) is 55.6 Å². The SMILES string of the molecule is CCCn1nncc1C(NCC)c1cncc(F)c1. The molecule has 0 fully saturated rings. The second-order valence-corrected chi connectivity index (χ2v) is 4.31. The third-order valence-corrected chi connectivity index (χ3v) is 2.85. The molecule has 1 N–H and O–H groups in total. The van der Waals surface area contributed by atoms with E-state index in [9.17, 15) is 4.39 Å². The lowest BCUT2D eigenvalue weighted by Gasteiger charge is -2.18. The molecule has 0 saturated heterocycles. The number of halogens is 1. The van der Waals surface area contributed by atoms with E-state index in [2.05, 4.69) is 27.5 Å². The Hall–Kier alpha value is -1.82. The van der Waals surface area contributed by atoms with Crippen LogP contribution in [0.5, 0.6) is 0 Å². The molecule has 6 heteroatoms. The maximum atomic E-state index is 13.3. The van der Waals surface area contributed by atoms with Crippen molar-refractivity contribution in [1.29, 1.82) is 0 Å². The zero-order chi connectivity index (χ0) is 13.7. The lowest BCUT2D eigenvalue weighted by Crippen LogP contribution is -2.25. The van der Waals surface area contributed by atoms with Gasteiger partial charge < -0.3 is 5.32 Å². The number of pyridine rings is 1. The Morgan fingerprint density at radius 1 is 1.32 bits per heavy atom. The molecule has 19 heavy (non-hydrogen) atoms. The molecule has 5 nitrogen and oxygen atoms in total. The Kier molecular flexibility index (Phi) is 4.57. The van der Waals surface area contributed by atoms with E-state index in [0.717, 1.165) is 30.8 Å². The van der Waals surface area contributed by atoms with Gasteiger partial charge in [0.2, 0.25) is 0 Å². The summed E-state index contributed by atoms with van der Waals surface area (Å²) in [7, 11) is 0. The van der Waals surface area contributed by atoms with E-state index in [-0.39, 0.29) is 11.9 Å². The second-order valence-electron chi connectivity index (χ2n) is 4.31. The van der Waals surface area contributed by atoms with Gasteiger partial charge in [-0.2, -0.15) is 0 Å². The van der Waals surface area contributed by atoms with Crippen LogP contribution in [0.1, 0.15) is 37.6 Å². The highest BCUT2D eigenvalue weighted by Gasteiger charge is 2.18. The molecule has 0 aliphatic carbocycles. The fourth-order valence-electron chi connectivity index (χ4n) is 2.06. The average molecular weight is 263 g/mol. The van der Waals surface area contributed by atoms with Crippen LogP contribution in [0.3, 0.4) is 0 Å². The third-order valence-electron chi connectivity index (χ3n) is 2.85. The molecule has 0 aliphatic rings. The standard InChI is InChI=1S/C13H18FN5/c1-3-5-19-12(9-17-18-19)13(16-4-2)10-6-11(14)8-15-7-10/h6-9,13,16H,3-5H2,1-2H3. The van der Waals surface area contributed by atoms with E-state index in [0.29, 0.717) is 0 Å². The number of hydrogen-bond acceptors (Lipinski definition) is 4. The first-order chi connectivity index (χ1) is 9.26. The first-order valence-corrected chi connectivity index (χ1v) is 6.48. The minimum absolute atomic E-state index is 0.144. The van der Waals surface area contributed by atoms with Gasteiger partial charge in [-0.15, -0.1) is 5.10 Å². The largest absolute Gasteiger partial charge is 0.305 e. The van der Waals surface area contributed by atoms with Gasteiger partial charge >= 0.3 is 0 Å². The zero-order valence-electron chi connectivity index (χ0n) is 11.2. The maximum Gasteiger partial charge on any atom is 0.141 e. The molecule has 2 rings (SSSR count). The molecule has 0 spiro atoms. The molecule has 102 valence electrons. The average Bonchev–Trinajstić information content (AvgIpc) is 2.84. The van der Waals surface area contributed by atoms with Gasteiger partial charge in [0, 0.05) is 12.7 Å². The number of nitrogens with zero attached hydrogens (tertiary/aromatic N) is 4. The van der Waals surface area contributed by atoms with E-state index in [1.807, 2.05) is 11.6 Å². The van der Waals surface area contributed by atoms with Crippen LogP contribution in [-0.4, -0.2) is 26.5 Å². The highest BCUT2D eigenvalue weighted by atomic mass is 19.1. The fourth-order valence-corrected chi connectivity index (χ4v) is 2.06. The van der Waals surface area contributed by atoms with Crippen LogP contribution in [0.4, 0.5) is 4.39 Å². The van der Waals surface area contributed by atoms with Gasteiger partial charge in [0.25, 0.3) is 0 Å². The molecule has 0 aromatic carbocycles. The summed E-state index contributed by atoms with van der Waals surface area (Å²) in [5, 5.41) is 11.3. The van der Waals surface area contributed by atoms with Crippen molar-refractivity contribution in [2.24, 2.45) is 0 Å². The quantitative estimate of drug-likeness (QED) is 0.865. The summed E-state index contributed by atoms with van der Waals surface area (Å²) in [6.07, 6.45) is 5.55. The van der Waals surface area contributed by atoms with Crippen LogP contribution in [0.25, 0.3) is 0 Å². The monoisotopic (exact) mass is 263 g/mol. The van der Waals surface area contributed by atoms with Crippen molar-refractivity contribution >= 4 is 0 Å². The van der Waals surface area contributed by atoms with Gasteiger partial charge in [0.05, 0.1) is 24.1 Å². The lowest BCUT2D eigenvalue weighted by atomic mass is 10.1. The van der Waals surface area contributed by atoms with Crippen LogP contribution in [0.15, 0.2) is 24.7 Å². The van der Waals surface area contributed by atoms with E-state index in [1.165, 1.54) is 12.3 Å². The summed E-state index contributed by atoms with van der Waals surface area (Å²) in [6.45, 7) is 5.64. The van der Waals surface area contributed by atoms with E-state index in [1.54, 1.807) is 12.4 Å². The van der Waals surface area contributed by atoms with Crippen molar-refractivity contribution < 1.29 is 4.39 Å². The second kappa shape index (κ2) is 6.38. The van der Waals surface area contributed by atoms with Gasteiger partial charge in [0.15, 0.2) is 0 Å². The van der Waals surface area contributed by atoms with Crippen LogP contribution in [0, 0.1) is 5.82 Å². The highest BCUT2D eigenvalue weighted by Crippen LogP contribution is 2.21. The fraction of sp³-hybridized carbons (Fsp3) is 0.462. The normalized spacial score (nSPS) is 12.6. The molecular weight excluding hydrogens is 245 g/mol. The molecule has 2 aromatic heterocycles. The molecule has 0 aliphatic heterocycles. The van der Waals surface area contributed by atoms with E-state index in [4.69, 9.17) is 0 Å². The van der Waals surface area contributed by atoms with Gasteiger partial charge in [-0.1, -0.05) is 19.1 Å². The molecule has 0 saturated carbocycles. The number of aryl methyl sites for hydroxylation is 1. The van der Waals surface area contributed by atoms with Crippen molar-refractivity contribution in [3.8, 4) is 0 Å². The number of aromatic nitrogens is 4. The molecule has 2 aromatic rings.